The van der Waals surface area contributed by atoms with Crippen molar-refractivity contribution in [3.63, 3.8) is 0 Å². The van der Waals surface area contributed by atoms with Crippen LogP contribution in [0.15, 0.2) is 55.1 Å². The largest absolute Gasteiger partial charge is 0.383 e. The molecule has 1 aliphatic carbocycles. The van der Waals surface area contributed by atoms with Crippen LogP contribution >= 0.6 is 0 Å². The van der Waals surface area contributed by atoms with Crippen LogP contribution in [0, 0.1) is 0 Å². The summed E-state index contributed by atoms with van der Waals surface area (Å²) in [6.45, 7) is 3.56. The fraction of sp³-hybridized carbons (Fsp3) is 0.296. The first-order valence-electron chi connectivity index (χ1n) is 12.3. The molecule has 0 spiro atoms. The smallest absolute Gasteiger partial charge is 0.228 e. The van der Waals surface area contributed by atoms with E-state index in [1.807, 2.05) is 54.3 Å². The average Bonchev–Trinajstić information content (AvgIpc) is 3.61. The summed E-state index contributed by atoms with van der Waals surface area (Å²) in [5.41, 5.74) is 8.51. The molecule has 1 aromatic carbocycles. The van der Waals surface area contributed by atoms with E-state index in [0.29, 0.717) is 18.4 Å². The van der Waals surface area contributed by atoms with Crippen molar-refractivity contribution >= 4 is 11.8 Å². The van der Waals surface area contributed by atoms with Crippen molar-refractivity contribution in [2.75, 3.05) is 19.0 Å². The Kier molecular flexibility index (Phi) is 5.80. The lowest BCUT2D eigenvalue weighted by molar-refractivity contribution is 0.183. The molecule has 0 amide bonds. The molecular formula is C27H29N9O. The summed E-state index contributed by atoms with van der Waals surface area (Å²) < 4.78 is 10.8. The lowest BCUT2D eigenvalue weighted by atomic mass is 9.84. The molecule has 0 saturated carbocycles. The number of nitrogens with zero attached hydrogens (tertiary/aromatic N) is 8. The van der Waals surface area contributed by atoms with Crippen molar-refractivity contribution in [3.8, 4) is 33.6 Å². The van der Waals surface area contributed by atoms with Crippen LogP contribution in [-0.4, -0.2) is 53.0 Å². The van der Waals surface area contributed by atoms with Gasteiger partial charge in [0.05, 0.1) is 36.4 Å². The highest BCUT2D eigenvalue weighted by Gasteiger charge is 2.30. The molecule has 0 aliphatic heterocycles. The highest BCUT2D eigenvalue weighted by Crippen LogP contribution is 2.43. The first-order valence-corrected chi connectivity index (χ1v) is 12.3. The Morgan fingerprint density at radius 3 is 2.59 bits per heavy atom. The summed E-state index contributed by atoms with van der Waals surface area (Å²) in [5.74, 6) is 1.51. The van der Waals surface area contributed by atoms with Crippen molar-refractivity contribution < 1.29 is 4.74 Å². The molecule has 0 radical (unpaired) electrons. The number of hydrogen-bond donors (Lipinski definition) is 1. The number of ether oxygens (including phenoxy) is 1. The Morgan fingerprint density at radius 2 is 1.84 bits per heavy atom. The van der Waals surface area contributed by atoms with Crippen LogP contribution in [0.1, 0.15) is 24.1 Å². The van der Waals surface area contributed by atoms with Gasteiger partial charge in [0.25, 0.3) is 0 Å². The van der Waals surface area contributed by atoms with Crippen LogP contribution in [-0.2, 0) is 31.8 Å². The Bertz CT molecular complexity index is 1560. The molecule has 10 nitrogen and oxygen atoms in total. The van der Waals surface area contributed by atoms with Gasteiger partial charge in [0.1, 0.15) is 0 Å². The third kappa shape index (κ3) is 4.29. The second-order valence-corrected chi connectivity index (χ2v) is 9.46. The Balaban J connectivity index is 1.36. The van der Waals surface area contributed by atoms with Crippen LogP contribution in [0.25, 0.3) is 33.6 Å². The number of anilines is 2. The maximum atomic E-state index is 5.16. The molecule has 10 heteroatoms. The number of nitrogens with one attached hydrogen (secondary N) is 1. The van der Waals surface area contributed by atoms with Crippen LogP contribution in [0.4, 0.5) is 11.8 Å². The van der Waals surface area contributed by atoms with E-state index >= 15 is 0 Å². The predicted octanol–water partition coefficient (Wildman–Crippen LogP) is 4.19. The summed E-state index contributed by atoms with van der Waals surface area (Å²) >= 11 is 0. The molecule has 0 bridgehead atoms. The summed E-state index contributed by atoms with van der Waals surface area (Å²) in [4.78, 5) is 9.54. The normalized spacial score (nSPS) is 14.4. The molecule has 1 N–H and O–H groups in total. The molecule has 1 aliphatic rings. The van der Waals surface area contributed by atoms with E-state index in [9.17, 15) is 0 Å². The Labute approximate surface area is 214 Å². The van der Waals surface area contributed by atoms with Crippen LogP contribution in [0.2, 0.25) is 0 Å². The van der Waals surface area contributed by atoms with E-state index in [4.69, 9.17) is 14.8 Å². The van der Waals surface area contributed by atoms with Gasteiger partial charge in [-0.2, -0.15) is 15.3 Å². The Morgan fingerprint density at radius 1 is 1.03 bits per heavy atom. The second kappa shape index (κ2) is 9.29. The van der Waals surface area contributed by atoms with E-state index in [1.54, 1.807) is 11.8 Å². The van der Waals surface area contributed by atoms with E-state index in [0.717, 1.165) is 57.9 Å². The lowest BCUT2D eigenvalue weighted by Gasteiger charge is -2.22. The minimum absolute atomic E-state index is 0.283. The summed E-state index contributed by atoms with van der Waals surface area (Å²) in [6.07, 6.45) is 8.61. The van der Waals surface area contributed by atoms with Gasteiger partial charge in [0.15, 0.2) is 5.82 Å². The van der Waals surface area contributed by atoms with Crippen molar-refractivity contribution in [1.29, 1.82) is 0 Å². The van der Waals surface area contributed by atoms with E-state index in [2.05, 4.69) is 51.7 Å². The third-order valence-electron chi connectivity index (χ3n) is 6.81. The topological polar surface area (TPSA) is 100 Å². The second-order valence-electron chi connectivity index (χ2n) is 9.46. The zero-order valence-corrected chi connectivity index (χ0v) is 21.4. The van der Waals surface area contributed by atoms with E-state index in [-0.39, 0.29) is 5.92 Å². The number of aromatic nitrogens is 8. The maximum absolute atomic E-state index is 5.16. The molecule has 6 rings (SSSR count). The van der Waals surface area contributed by atoms with Gasteiger partial charge in [-0.3, -0.25) is 14.0 Å². The monoisotopic (exact) mass is 495 g/mol. The minimum atomic E-state index is 0.283. The van der Waals surface area contributed by atoms with Crippen LogP contribution in [0.3, 0.4) is 0 Å². The summed E-state index contributed by atoms with van der Waals surface area (Å²) in [6, 6.07) is 10.4. The molecule has 5 aromatic rings. The number of benzene rings is 1. The fourth-order valence-electron chi connectivity index (χ4n) is 4.95. The fourth-order valence-corrected chi connectivity index (χ4v) is 4.95. The standard InChI is InChI=1S/C27H29N9O/c1-17-13-22-24(25-21(17)15-28-27(31-25)30-23-9-10-34(2)33-23)26(35(3)32-22)19-7-5-18(6-8-19)20-14-29-36(16-20)11-12-37-4/h5-10,14-17H,11-13H2,1-4H3,(H,28,30,31,33). The average molecular weight is 496 g/mol. The van der Waals surface area contributed by atoms with Gasteiger partial charge in [0, 0.05) is 68.1 Å². The van der Waals surface area contributed by atoms with Crippen molar-refractivity contribution in [1.82, 2.24) is 39.3 Å². The minimum Gasteiger partial charge on any atom is -0.383 e. The van der Waals surface area contributed by atoms with Gasteiger partial charge in [-0.15, -0.1) is 0 Å². The molecule has 4 aromatic heterocycles. The van der Waals surface area contributed by atoms with Gasteiger partial charge in [-0.25, -0.2) is 9.97 Å². The highest BCUT2D eigenvalue weighted by atomic mass is 16.5. The lowest BCUT2D eigenvalue weighted by Crippen LogP contribution is -2.12. The quantitative estimate of drug-likeness (QED) is 0.361. The highest BCUT2D eigenvalue weighted by molar-refractivity contribution is 5.85. The van der Waals surface area contributed by atoms with Gasteiger partial charge < -0.3 is 10.1 Å². The van der Waals surface area contributed by atoms with Gasteiger partial charge in [0.2, 0.25) is 5.95 Å². The molecule has 0 saturated heterocycles. The van der Waals surface area contributed by atoms with Crippen molar-refractivity contribution in [3.05, 3.63) is 66.4 Å². The van der Waals surface area contributed by atoms with Crippen molar-refractivity contribution in [2.45, 2.75) is 25.8 Å². The first kappa shape index (κ1) is 23.1. The van der Waals surface area contributed by atoms with E-state index in [1.165, 1.54) is 0 Å². The van der Waals surface area contributed by atoms with Gasteiger partial charge in [-0.05, 0) is 17.9 Å². The first-order chi connectivity index (χ1) is 18.0. The molecule has 4 heterocycles. The predicted molar refractivity (Wildman–Crippen MR) is 141 cm³/mol. The summed E-state index contributed by atoms with van der Waals surface area (Å²) in [7, 11) is 5.58. The number of methoxy groups -OCH3 is 1. The third-order valence-corrected chi connectivity index (χ3v) is 6.81. The molecule has 188 valence electrons. The van der Waals surface area contributed by atoms with Crippen LogP contribution in [0.5, 0.6) is 0 Å². The van der Waals surface area contributed by atoms with Gasteiger partial charge in [-0.1, -0.05) is 31.2 Å². The number of rotatable bonds is 7. The van der Waals surface area contributed by atoms with Crippen molar-refractivity contribution in [2.24, 2.45) is 14.1 Å². The maximum Gasteiger partial charge on any atom is 0.228 e. The molecule has 37 heavy (non-hydrogen) atoms. The summed E-state index contributed by atoms with van der Waals surface area (Å²) in [5, 5.41) is 17.0. The molecule has 1 atom stereocenters. The zero-order valence-electron chi connectivity index (χ0n) is 21.4. The number of aryl methyl sites for hydroxylation is 2. The number of hydrogen-bond acceptors (Lipinski definition) is 7. The SMILES string of the molecule is COCCn1cc(-c2ccc(-c3c4c(nn3C)CC(C)c3cnc(Nc5ccn(C)n5)nc3-4)cc2)cn1. The molecule has 1 unspecified atom stereocenters. The molecule has 0 fully saturated rings. The van der Waals surface area contributed by atoms with Crippen LogP contribution < -0.4 is 5.32 Å². The number of fused-ring (bicyclic) bond motifs is 3. The van der Waals surface area contributed by atoms with E-state index < -0.39 is 0 Å². The zero-order chi connectivity index (χ0) is 25.5. The Hall–Kier alpha value is -4.31. The molecular weight excluding hydrogens is 466 g/mol. The van der Waals surface area contributed by atoms with Gasteiger partial charge >= 0.3 is 0 Å².